The summed E-state index contributed by atoms with van der Waals surface area (Å²) in [5.41, 5.74) is 4.15. The fourth-order valence-corrected chi connectivity index (χ4v) is 6.95. The molecule has 1 unspecified atom stereocenters. The van der Waals surface area contributed by atoms with Crippen LogP contribution in [0.25, 0.3) is 5.69 Å². The lowest BCUT2D eigenvalue weighted by atomic mass is 10.0. The molecule has 1 saturated heterocycles. The number of piperazine rings is 1. The molecular formula is C38H47N5O3S. The second kappa shape index (κ2) is 17.2. The van der Waals surface area contributed by atoms with Gasteiger partial charge in [0.1, 0.15) is 11.6 Å². The van der Waals surface area contributed by atoms with Gasteiger partial charge >= 0.3 is 0 Å². The number of rotatable bonds is 15. The first kappa shape index (κ1) is 34.2. The van der Waals surface area contributed by atoms with E-state index in [4.69, 9.17) is 4.74 Å². The molecule has 2 heterocycles. The first-order valence-corrected chi connectivity index (χ1v) is 17.9. The topological polar surface area (TPSA) is 80.6 Å². The van der Waals surface area contributed by atoms with E-state index in [0.717, 1.165) is 46.6 Å². The van der Waals surface area contributed by atoms with E-state index in [1.54, 1.807) is 18.9 Å². The Labute approximate surface area is 283 Å². The third kappa shape index (κ3) is 9.25. The second-order valence-corrected chi connectivity index (χ2v) is 13.3. The normalized spacial score (nSPS) is 14.7. The van der Waals surface area contributed by atoms with Crippen LogP contribution in [0.15, 0.2) is 84.0 Å². The number of unbranched alkanes of at least 4 members (excludes halogenated alkanes) is 3. The fraction of sp³-hybridized carbons (Fsp3) is 0.421. The highest BCUT2D eigenvalue weighted by atomic mass is 32.2. The second-order valence-electron chi connectivity index (χ2n) is 12.2. The van der Waals surface area contributed by atoms with Gasteiger partial charge in [-0.15, -0.1) is 10.2 Å². The number of ether oxygens (including phenoxy) is 1. The molecular weight excluding hydrogens is 607 g/mol. The van der Waals surface area contributed by atoms with Crippen molar-refractivity contribution >= 4 is 23.6 Å². The molecule has 3 aromatic carbocycles. The Balaban J connectivity index is 1.12. The number of hydrogen-bond donors (Lipinski definition) is 0. The minimum atomic E-state index is -0.0330. The number of carbonyl (C=O) groups is 2. The Bertz CT molecular complexity index is 1570. The zero-order valence-electron chi connectivity index (χ0n) is 27.9. The van der Waals surface area contributed by atoms with Crippen molar-refractivity contribution in [1.29, 1.82) is 0 Å². The molecule has 4 aromatic rings. The van der Waals surface area contributed by atoms with Crippen LogP contribution in [0.4, 0.5) is 0 Å². The van der Waals surface area contributed by atoms with Gasteiger partial charge in [-0.25, -0.2) is 0 Å². The van der Waals surface area contributed by atoms with E-state index >= 15 is 0 Å². The summed E-state index contributed by atoms with van der Waals surface area (Å²) in [6.45, 7) is 5.93. The lowest BCUT2D eigenvalue weighted by molar-refractivity contribution is -0.133. The molecule has 0 N–H and O–H groups in total. The van der Waals surface area contributed by atoms with Gasteiger partial charge < -0.3 is 14.5 Å². The summed E-state index contributed by atoms with van der Waals surface area (Å²) in [5, 5.41) is 9.88. The van der Waals surface area contributed by atoms with Crippen LogP contribution in [0.3, 0.4) is 0 Å². The van der Waals surface area contributed by atoms with Gasteiger partial charge in [0.2, 0.25) is 5.91 Å². The number of amides is 2. The summed E-state index contributed by atoms with van der Waals surface area (Å²) in [6.07, 6.45) is 7.85. The summed E-state index contributed by atoms with van der Waals surface area (Å²) in [6, 6.07) is 26.2. The molecule has 1 fully saturated rings. The van der Waals surface area contributed by atoms with Crippen molar-refractivity contribution in [3.05, 3.63) is 101 Å². The Hall–Kier alpha value is -4.11. The molecule has 8 nitrogen and oxygen atoms in total. The van der Waals surface area contributed by atoms with Crippen LogP contribution in [0.5, 0.6) is 5.75 Å². The molecule has 0 bridgehead atoms. The lowest BCUT2D eigenvalue weighted by Gasteiger charge is -2.40. The van der Waals surface area contributed by atoms with Gasteiger partial charge in [-0.1, -0.05) is 80.4 Å². The molecule has 0 spiro atoms. The van der Waals surface area contributed by atoms with E-state index in [1.807, 2.05) is 71.3 Å². The molecule has 2 amide bonds. The minimum Gasteiger partial charge on any atom is -0.497 e. The third-order valence-electron chi connectivity index (χ3n) is 8.76. The van der Waals surface area contributed by atoms with Crippen LogP contribution in [0, 0.1) is 0 Å². The highest BCUT2D eigenvalue weighted by molar-refractivity contribution is 7.99. The van der Waals surface area contributed by atoms with Crippen molar-refractivity contribution in [2.75, 3.05) is 32.5 Å². The van der Waals surface area contributed by atoms with E-state index in [-0.39, 0.29) is 17.9 Å². The number of aryl methyl sites for hydroxylation is 1. The van der Waals surface area contributed by atoms with Crippen LogP contribution in [0.1, 0.15) is 79.7 Å². The Kier molecular flexibility index (Phi) is 12.5. The summed E-state index contributed by atoms with van der Waals surface area (Å²) < 4.78 is 7.45. The van der Waals surface area contributed by atoms with Crippen molar-refractivity contribution in [2.24, 2.45) is 0 Å². The molecule has 5 rings (SSSR count). The van der Waals surface area contributed by atoms with Crippen LogP contribution in [-0.4, -0.2) is 74.9 Å². The zero-order chi connectivity index (χ0) is 33.0. The third-order valence-corrected chi connectivity index (χ3v) is 9.78. The highest BCUT2D eigenvalue weighted by Gasteiger charge is 2.30. The number of nitrogens with zero attached hydrogens (tertiary/aromatic N) is 5. The SMILES string of the molecule is CCCCCCc1ccc(C(=O)N2CCN(C(=O)CCCSc3nnc(Cc4ccccc4)n3-c3ccc(OC)cc3)CC2C)cc1. The Morgan fingerprint density at radius 3 is 2.34 bits per heavy atom. The molecule has 1 aliphatic rings. The smallest absolute Gasteiger partial charge is 0.254 e. The average Bonchev–Trinajstić information content (AvgIpc) is 3.50. The average molecular weight is 654 g/mol. The van der Waals surface area contributed by atoms with Crippen molar-refractivity contribution in [3.63, 3.8) is 0 Å². The van der Waals surface area contributed by atoms with Crippen LogP contribution in [0.2, 0.25) is 0 Å². The highest BCUT2D eigenvalue weighted by Crippen LogP contribution is 2.26. The number of thioether (sulfide) groups is 1. The predicted octanol–water partition coefficient (Wildman–Crippen LogP) is 7.23. The van der Waals surface area contributed by atoms with Gasteiger partial charge in [0, 0.05) is 55.5 Å². The molecule has 248 valence electrons. The van der Waals surface area contributed by atoms with Crippen LogP contribution >= 0.6 is 11.8 Å². The standard InChI is InChI=1S/C38H47N5O3S/c1-4-5-6-8-12-30-16-18-32(19-17-30)37(45)42-25-24-41(28-29(42)2)36(44)15-11-26-47-38-40-39-35(27-31-13-9-7-10-14-31)43(38)33-20-22-34(46-3)23-21-33/h7,9-10,13-14,16-23,29H,4-6,8,11-12,15,24-28H2,1-3H3. The van der Waals surface area contributed by atoms with E-state index in [0.29, 0.717) is 32.5 Å². The Morgan fingerprint density at radius 1 is 0.872 bits per heavy atom. The molecule has 9 heteroatoms. The lowest BCUT2D eigenvalue weighted by Crippen LogP contribution is -2.55. The maximum Gasteiger partial charge on any atom is 0.254 e. The van der Waals surface area contributed by atoms with Gasteiger partial charge in [-0.3, -0.25) is 14.2 Å². The quantitative estimate of drug-likeness (QED) is 0.0995. The van der Waals surface area contributed by atoms with Gasteiger partial charge in [0.25, 0.3) is 5.91 Å². The molecule has 1 aromatic heterocycles. The summed E-state index contributed by atoms with van der Waals surface area (Å²) in [4.78, 5) is 30.3. The largest absolute Gasteiger partial charge is 0.497 e. The van der Waals surface area contributed by atoms with Crippen molar-refractivity contribution in [3.8, 4) is 11.4 Å². The van der Waals surface area contributed by atoms with E-state index in [2.05, 4.69) is 46.0 Å². The number of hydrogen-bond acceptors (Lipinski definition) is 6. The van der Waals surface area contributed by atoms with Gasteiger partial charge in [0.15, 0.2) is 5.16 Å². The monoisotopic (exact) mass is 653 g/mol. The fourth-order valence-electron chi connectivity index (χ4n) is 6.04. The molecule has 0 aliphatic carbocycles. The number of benzene rings is 3. The molecule has 0 saturated carbocycles. The first-order valence-electron chi connectivity index (χ1n) is 16.9. The maximum absolute atomic E-state index is 13.3. The molecule has 1 atom stereocenters. The predicted molar refractivity (Wildman–Crippen MR) is 188 cm³/mol. The number of aromatic nitrogens is 3. The summed E-state index contributed by atoms with van der Waals surface area (Å²) in [5.74, 6) is 2.58. The van der Waals surface area contributed by atoms with Gasteiger partial charge in [-0.05, 0) is 73.7 Å². The van der Waals surface area contributed by atoms with Crippen molar-refractivity contribution in [1.82, 2.24) is 24.6 Å². The zero-order valence-corrected chi connectivity index (χ0v) is 28.8. The molecule has 0 radical (unpaired) electrons. The van der Waals surface area contributed by atoms with Gasteiger partial charge in [0.05, 0.1) is 7.11 Å². The summed E-state index contributed by atoms with van der Waals surface area (Å²) in [7, 11) is 1.66. The van der Waals surface area contributed by atoms with E-state index in [9.17, 15) is 9.59 Å². The van der Waals surface area contributed by atoms with E-state index in [1.165, 1.54) is 36.8 Å². The first-order chi connectivity index (χ1) is 23.0. The maximum atomic E-state index is 13.3. The van der Waals surface area contributed by atoms with Crippen LogP contribution < -0.4 is 4.74 Å². The number of carbonyl (C=O) groups excluding carboxylic acids is 2. The Morgan fingerprint density at radius 2 is 1.64 bits per heavy atom. The van der Waals surface area contributed by atoms with Crippen molar-refractivity contribution in [2.45, 2.75) is 76.4 Å². The van der Waals surface area contributed by atoms with Gasteiger partial charge in [-0.2, -0.15) is 0 Å². The summed E-state index contributed by atoms with van der Waals surface area (Å²) >= 11 is 1.62. The molecule has 47 heavy (non-hydrogen) atoms. The minimum absolute atomic E-state index is 0.0330. The number of methoxy groups -OCH3 is 1. The van der Waals surface area contributed by atoms with Crippen LogP contribution in [-0.2, 0) is 17.6 Å². The molecule has 1 aliphatic heterocycles. The van der Waals surface area contributed by atoms with Crippen molar-refractivity contribution < 1.29 is 14.3 Å². The van der Waals surface area contributed by atoms with E-state index < -0.39 is 0 Å².